The Hall–Kier alpha value is -2.37. The van der Waals surface area contributed by atoms with Crippen LogP contribution in [0.3, 0.4) is 0 Å². The summed E-state index contributed by atoms with van der Waals surface area (Å²) in [4.78, 5) is 38.3. The molecule has 1 atom stereocenters. The lowest BCUT2D eigenvalue weighted by Gasteiger charge is -2.23. The number of amides is 1. The van der Waals surface area contributed by atoms with E-state index >= 15 is 0 Å². The van der Waals surface area contributed by atoms with Crippen molar-refractivity contribution in [2.75, 3.05) is 20.3 Å². The summed E-state index contributed by atoms with van der Waals surface area (Å²) in [6, 6.07) is 6.91. The first-order valence-electron chi connectivity index (χ1n) is 8.72. The zero-order valence-electron chi connectivity index (χ0n) is 14.4. The molecule has 0 N–H and O–H groups in total. The van der Waals surface area contributed by atoms with Gasteiger partial charge in [0.25, 0.3) is 0 Å². The molecule has 1 amide bonds. The molecule has 1 saturated carbocycles. The molecule has 1 aromatic carbocycles. The smallest absolute Gasteiger partial charge is 0.311 e. The van der Waals surface area contributed by atoms with Gasteiger partial charge in [-0.15, -0.1) is 0 Å². The molecule has 6 heteroatoms. The Balaban J connectivity index is 1.50. The van der Waals surface area contributed by atoms with Gasteiger partial charge in [0.05, 0.1) is 13.0 Å². The molecule has 0 radical (unpaired) electrons. The number of methoxy groups -OCH3 is 1. The van der Waals surface area contributed by atoms with Crippen molar-refractivity contribution in [2.45, 2.75) is 38.1 Å². The first kappa shape index (κ1) is 17.5. The number of nitrogens with zero attached hydrogens (tertiary/aromatic N) is 1. The lowest BCUT2D eigenvalue weighted by Crippen LogP contribution is -2.35. The van der Waals surface area contributed by atoms with Crippen molar-refractivity contribution in [1.29, 1.82) is 0 Å². The predicted molar refractivity (Wildman–Crippen MR) is 90.4 cm³/mol. The second kappa shape index (κ2) is 7.68. The van der Waals surface area contributed by atoms with Crippen molar-refractivity contribution in [2.24, 2.45) is 5.92 Å². The maximum absolute atomic E-state index is 12.2. The highest BCUT2D eigenvalue weighted by atomic mass is 16.5. The van der Waals surface area contributed by atoms with E-state index in [9.17, 15) is 14.4 Å². The minimum Gasteiger partial charge on any atom is -0.497 e. The van der Waals surface area contributed by atoms with E-state index in [1.165, 1.54) is 0 Å². The summed E-state index contributed by atoms with van der Waals surface area (Å²) in [7, 11) is 1.55. The van der Waals surface area contributed by atoms with Crippen molar-refractivity contribution in [1.82, 2.24) is 4.90 Å². The minimum absolute atomic E-state index is 0.0235. The van der Waals surface area contributed by atoms with E-state index in [0.29, 0.717) is 17.9 Å². The molecule has 1 heterocycles. The Bertz CT molecular complexity index is 648. The first-order valence-corrected chi connectivity index (χ1v) is 8.72. The topological polar surface area (TPSA) is 72.9 Å². The van der Waals surface area contributed by atoms with Gasteiger partial charge in [-0.2, -0.15) is 0 Å². The summed E-state index contributed by atoms with van der Waals surface area (Å²) < 4.78 is 10.2. The molecule has 1 aliphatic carbocycles. The van der Waals surface area contributed by atoms with Crippen LogP contribution in [0.5, 0.6) is 5.75 Å². The number of hydrogen-bond donors (Lipinski definition) is 0. The largest absolute Gasteiger partial charge is 0.497 e. The van der Waals surface area contributed by atoms with E-state index in [-0.39, 0.29) is 30.8 Å². The number of rotatable bonds is 6. The van der Waals surface area contributed by atoms with Crippen LogP contribution in [-0.2, 0) is 14.3 Å². The zero-order chi connectivity index (χ0) is 17.8. The van der Waals surface area contributed by atoms with Crippen LogP contribution >= 0.6 is 0 Å². The summed E-state index contributed by atoms with van der Waals surface area (Å²) >= 11 is 0. The summed E-state index contributed by atoms with van der Waals surface area (Å²) in [6.45, 7) is 0.109. The molecular formula is C19H23NO5. The Morgan fingerprint density at radius 3 is 2.48 bits per heavy atom. The fourth-order valence-electron chi connectivity index (χ4n) is 3.57. The van der Waals surface area contributed by atoms with Crippen LogP contribution in [0, 0.1) is 5.92 Å². The molecule has 0 unspecified atom stereocenters. The van der Waals surface area contributed by atoms with Gasteiger partial charge >= 0.3 is 5.97 Å². The summed E-state index contributed by atoms with van der Waals surface area (Å²) in [5.74, 6) is -0.513. The van der Waals surface area contributed by atoms with E-state index in [1.54, 1.807) is 31.4 Å². The molecule has 2 fully saturated rings. The van der Waals surface area contributed by atoms with Crippen LogP contribution in [0.2, 0.25) is 0 Å². The average Bonchev–Trinajstić information content (AvgIpc) is 3.28. The van der Waals surface area contributed by atoms with E-state index < -0.39 is 11.9 Å². The van der Waals surface area contributed by atoms with Gasteiger partial charge in [0, 0.05) is 24.6 Å². The quantitative estimate of drug-likeness (QED) is 0.584. The molecular weight excluding hydrogens is 322 g/mol. The molecule has 2 aliphatic rings. The predicted octanol–water partition coefficient (Wildman–Crippen LogP) is 2.21. The second-order valence-electron chi connectivity index (χ2n) is 6.64. The highest BCUT2D eigenvalue weighted by Gasteiger charge is 2.39. The summed E-state index contributed by atoms with van der Waals surface area (Å²) in [5.41, 5.74) is 0.462. The molecule has 25 heavy (non-hydrogen) atoms. The lowest BCUT2D eigenvalue weighted by molar-refractivity contribution is -0.147. The number of hydrogen-bond acceptors (Lipinski definition) is 5. The van der Waals surface area contributed by atoms with Crippen molar-refractivity contribution >= 4 is 17.7 Å². The van der Waals surface area contributed by atoms with Gasteiger partial charge in [-0.3, -0.25) is 14.4 Å². The van der Waals surface area contributed by atoms with Crippen molar-refractivity contribution in [3.05, 3.63) is 29.8 Å². The summed E-state index contributed by atoms with van der Waals surface area (Å²) in [6.07, 6.45) is 4.50. The number of esters is 1. The van der Waals surface area contributed by atoms with Crippen LogP contribution in [0.1, 0.15) is 42.5 Å². The number of Topliss-reactive ketones (excluding diaryl/α,β-unsaturated/α-hetero) is 1. The first-order chi connectivity index (χ1) is 12.1. The highest BCUT2D eigenvalue weighted by Crippen LogP contribution is 2.29. The van der Waals surface area contributed by atoms with Crippen LogP contribution in [0.4, 0.5) is 0 Å². The normalized spacial score (nSPS) is 20.8. The van der Waals surface area contributed by atoms with Crippen LogP contribution in [0.25, 0.3) is 0 Å². The number of likely N-dealkylation sites (tertiary alicyclic amines) is 1. The highest BCUT2D eigenvalue weighted by molar-refractivity contribution is 5.98. The Labute approximate surface area is 147 Å². The van der Waals surface area contributed by atoms with Gasteiger partial charge in [0.15, 0.2) is 12.4 Å². The van der Waals surface area contributed by atoms with E-state index in [1.807, 2.05) is 4.90 Å². The van der Waals surface area contributed by atoms with Crippen LogP contribution < -0.4 is 4.74 Å². The van der Waals surface area contributed by atoms with E-state index in [4.69, 9.17) is 9.47 Å². The molecule has 0 spiro atoms. The molecule has 6 nitrogen and oxygen atoms in total. The minimum atomic E-state index is -0.462. The van der Waals surface area contributed by atoms with Gasteiger partial charge in [-0.1, -0.05) is 12.8 Å². The van der Waals surface area contributed by atoms with Crippen molar-refractivity contribution < 1.29 is 23.9 Å². The molecule has 134 valence electrons. The third-order valence-corrected chi connectivity index (χ3v) is 5.01. The second-order valence-corrected chi connectivity index (χ2v) is 6.64. The fourth-order valence-corrected chi connectivity index (χ4v) is 3.57. The third-order valence-electron chi connectivity index (χ3n) is 5.01. The van der Waals surface area contributed by atoms with Gasteiger partial charge in [-0.05, 0) is 37.1 Å². The fraction of sp³-hybridized carbons (Fsp3) is 0.526. The number of ether oxygens (including phenoxy) is 2. The average molecular weight is 345 g/mol. The van der Waals surface area contributed by atoms with Crippen LogP contribution in [0.15, 0.2) is 24.3 Å². The SMILES string of the molecule is COc1ccc(C(=O)COC(=O)[C@H]2CC(=O)N(C3CCCC3)C2)cc1. The molecule has 1 aliphatic heterocycles. The van der Waals surface area contributed by atoms with E-state index in [0.717, 1.165) is 25.7 Å². The number of benzene rings is 1. The molecule has 0 bridgehead atoms. The van der Waals surface area contributed by atoms with Crippen molar-refractivity contribution in [3.63, 3.8) is 0 Å². The Kier molecular flexibility index (Phi) is 5.36. The molecule has 1 aromatic rings. The van der Waals surface area contributed by atoms with Gasteiger partial charge < -0.3 is 14.4 Å². The van der Waals surface area contributed by atoms with Crippen LogP contribution in [-0.4, -0.2) is 48.9 Å². The lowest BCUT2D eigenvalue weighted by atomic mass is 10.1. The van der Waals surface area contributed by atoms with Gasteiger partial charge in [0.1, 0.15) is 5.75 Å². The Morgan fingerprint density at radius 2 is 1.84 bits per heavy atom. The molecule has 0 aromatic heterocycles. The number of ketones is 1. The number of carbonyl (C=O) groups excluding carboxylic acids is 3. The third kappa shape index (κ3) is 4.00. The van der Waals surface area contributed by atoms with Gasteiger partial charge in [-0.25, -0.2) is 0 Å². The van der Waals surface area contributed by atoms with Gasteiger partial charge in [0.2, 0.25) is 5.91 Å². The maximum Gasteiger partial charge on any atom is 0.311 e. The maximum atomic E-state index is 12.2. The standard InChI is InChI=1S/C19H23NO5/c1-24-16-8-6-13(7-9-16)17(21)12-25-19(23)14-10-18(22)20(11-14)15-4-2-3-5-15/h6-9,14-15H,2-5,10-12H2,1H3/t14-/m0/s1. The summed E-state index contributed by atoms with van der Waals surface area (Å²) in [5, 5.41) is 0. The Morgan fingerprint density at radius 1 is 1.16 bits per heavy atom. The number of carbonyl (C=O) groups is 3. The van der Waals surface area contributed by atoms with Crippen molar-refractivity contribution in [3.8, 4) is 5.75 Å². The zero-order valence-corrected chi connectivity index (χ0v) is 14.4. The monoisotopic (exact) mass is 345 g/mol. The van der Waals surface area contributed by atoms with E-state index in [2.05, 4.69) is 0 Å². The molecule has 3 rings (SSSR count). The molecule has 1 saturated heterocycles.